The van der Waals surface area contributed by atoms with Gasteiger partial charge in [-0.15, -0.1) is 0 Å². The van der Waals surface area contributed by atoms with Crippen LogP contribution in [0.1, 0.15) is 97.3 Å². The van der Waals surface area contributed by atoms with Crippen molar-refractivity contribution in [2.24, 2.45) is 0 Å². The SMILES string of the molecule is CCCCCCCCCCCCCC(=O)OC(CC)C(O)(O)O. The average Bonchev–Trinajstić information content (AvgIpc) is 2.49. The minimum atomic E-state index is -2.96. The molecule has 0 amide bonds. The molecule has 138 valence electrons. The minimum absolute atomic E-state index is 0.146. The lowest BCUT2D eigenvalue weighted by Crippen LogP contribution is -2.44. The predicted molar refractivity (Wildman–Crippen MR) is 90.6 cm³/mol. The Hall–Kier alpha value is -0.650. The molecule has 0 saturated carbocycles. The van der Waals surface area contributed by atoms with Crippen molar-refractivity contribution >= 4 is 5.97 Å². The van der Waals surface area contributed by atoms with Gasteiger partial charge in [0.25, 0.3) is 0 Å². The number of unbranched alkanes of at least 4 members (excludes halogenated alkanes) is 10. The van der Waals surface area contributed by atoms with E-state index in [-0.39, 0.29) is 12.8 Å². The fourth-order valence-corrected chi connectivity index (χ4v) is 2.59. The molecule has 1 atom stereocenters. The van der Waals surface area contributed by atoms with Gasteiger partial charge in [-0.2, -0.15) is 0 Å². The van der Waals surface area contributed by atoms with Gasteiger partial charge in [0, 0.05) is 6.42 Å². The van der Waals surface area contributed by atoms with Crippen molar-refractivity contribution in [3.8, 4) is 0 Å². The molecule has 0 fully saturated rings. The third-order valence-electron chi connectivity index (χ3n) is 4.06. The Kier molecular flexibility index (Phi) is 13.4. The highest BCUT2D eigenvalue weighted by atomic mass is 16.7. The maximum absolute atomic E-state index is 11.6. The molecular formula is C18H36O5. The molecule has 0 saturated heterocycles. The van der Waals surface area contributed by atoms with Crippen LogP contribution in [0.25, 0.3) is 0 Å². The minimum Gasteiger partial charge on any atom is -0.454 e. The van der Waals surface area contributed by atoms with Gasteiger partial charge in [-0.05, 0) is 12.8 Å². The summed E-state index contributed by atoms with van der Waals surface area (Å²) in [7, 11) is 0. The molecule has 23 heavy (non-hydrogen) atoms. The van der Waals surface area contributed by atoms with Crippen LogP contribution >= 0.6 is 0 Å². The Bertz CT molecular complexity index is 286. The second-order valence-corrected chi connectivity index (χ2v) is 6.36. The molecule has 0 aromatic heterocycles. The highest BCUT2D eigenvalue weighted by Gasteiger charge is 2.33. The Morgan fingerprint density at radius 3 is 1.65 bits per heavy atom. The maximum Gasteiger partial charge on any atom is 0.314 e. The van der Waals surface area contributed by atoms with Gasteiger partial charge in [-0.25, -0.2) is 0 Å². The molecule has 1 unspecified atom stereocenters. The first kappa shape index (κ1) is 22.4. The number of hydrogen-bond acceptors (Lipinski definition) is 5. The number of ether oxygens (including phenoxy) is 1. The summed E-state index contributed by atoms with van der Waals surface area (Å²) in [6, 6.07) is 0. The number of aliphatic hydroxyl groups is 3. The third kappa shape index (κ3) is 13.5. The Morgan fingerprint density at radius 2 is 1.26 bits per heavy atom. The fraction of sp³-hybridized carbons (Fsp3) is 0.944. The summed E-state index contributed by atoms with van der Waals surface area (Å²) in [6.45, 7) is 3.84. The van der Waals surface area contributed by atoms with E-state index in [2.05, 4.69) is 6.92 Å². The first-order valence-corrected chi connectivity index (χ1v) is 9.28. The van der Waals surface area contributed by atoms with Gasteiger partial charge in [0.1, 0.15) is 0 Å². The van der Waals surface area contributed by atoms with Gasteiger partial charge in [0.15, 0.2) is 6.10 Å². The molecule has 0 aliphatic rings. The van der Waals surface area contributed by atoms with E-state index in [1.807, 2.05) is 0 Å². The second kappa shape index (κ2) is 13.8. The Balaban J connectivity index is 3.45. The maximum atomic E-state index is 11.6. The van der Waals surface area contributed by atoms with E-state index in [9.17, 15) is 4.79 Å². The van der Waals surface area contributed by atoms with Gasteiger partial charge in [-0.3, -0.25) is 4.79 Å². The predicted octanol–water partition coefficient (Wildman–Crippen LogP) is 3.64. The van der Waals surface area contributed by atoms with Crippen LogP contribution in [0.2, 0.25) is 0 Å². The molecule has 0 aliphatic heterocycles. The lowest BCUT2D eigenvalue weighted by atomic mass is 10.1. The number of hydrogen-bond donors (Lipinski definition) is 3. The van der Waals surface area contributed by atoms with E-state index in [1.54, 1.807) is 6.92 Å². The lowest BCUT2D eigenvalue weighted by Gasteiger charge is -2.24. The van der Waals surface area contributed by atoms with Crippen molar-refractivity contribution in [2.45, 2.75) is 109 Å². The van der Waals surface area contributed by atoms with Crippen molar-refractivity contribution in [1.82, 2.24) is 0 Å². The smallest absolute Gasteiger partial charge is 0.314 e. The molecular weight excluding hydrogens is 296 g/mol. The van der Waals surface area contributed by atoms with E-state index in [1.165, 1.54) is 51.4 Å². The molecule has 0 aromatic carbocycles. The van der Waals surface area contributed by atoms with Gasteiger partial charge in [-0.1, -0.05) is 78.1 Å². The highest BCUT2D eigenvalue weighted by molar-refractivity contribution is 5.69. The quantitative estimate of drug-likeness (QED) is 0.242. The summed E-state index contributed by atoms with van der Waals surface area (Å²) >= 11 is 0. The van der Waals surface area contributed by atoms with Gasteiger partial charge in [0.2, 0.25) is 0 Å². The van der Waals surface area contributed by atoms with Gasteiger partial charge in [0.05, 0.1) is 0 Å². The molecule has 5 heteroatoms. The zero-order chi connectivity index (χ0) is 17.6. The van der Waals surface area contributed by atoms with E-state index in [4.69, 9.17) is 20.1 Å². The zero-order valence-electron chi connectivity index (χ0n) is 14.9. The molecule has 0 radical (unpaired) electrons. The Morgan fingerprint density at radius 1 is 0.826 bits per heavy atom. The van der Waals surface area contributed by atoms with E-state index < -0.39 is 18.0 Å². The monoisotopic (exact) mass is 332 g/mol. The lowest BCUT2D eigenvalue weighted by molar-refractivity contribution is -0.356. The fourth-order valence-electron chi connectivity index (χ4n) is 2.59. The van der Waals surface area contributed by atoms with Crippen molar-refractivity contribution in [1.29, 1.82) is 0 Å². The standard InChI is InChI=1S/C18H36O5/c1-3-5-6-7-8-9-10-11-12-13-14-15-17(19)23-16(4-2)18(20,21)22/h16,20-22H,3-15H2,1-2H3. The number of rotatable bonds is 15. The summed E-state index contributed by atoms with van der Waals surface area (Å²) in [5, 5.41) is 27.1. The molecule has 0 bridgehead atoms. The van der Waals surface area contributed by atoms with Crippen molar-refractivity contribution in [2.75, 3.05) is 0 Å². The van der Waals surface area contributed by atoms with Crippen molar-refractivity contribution in [3.63, 3.8) is 0 Å². The van der Waals surface area contributed by atoms with Gasteiger partial charge >= 0.3 is 11.9 Å². The van der Waals surface area contributed by atoms with Crippen LogP contribution in [0.5, 0.6) is 0 Å². The van der Waals surface area contributed by atoms with Crippen LogP contribution in [0, 0.1) is 0 Å². The van der Waals surface area contributed by atoms with Crippen LogP contribution < -0.4 is 0 Å². The van der Waals surface area contributed by atoms with E-state index >= 15 is 0 Å². The molecule has 0 heterocycles. The Labute approximate surface area is 141 Å². The van der Waals surface area contributed by atoms with Crippen molar-refractivity contribution < 1.29 is 24.9 Å². The first-order valence-electron chi connectivity index (χ1n) is 9.28. The van der Waals surface area contributed by atoms with Crippen LogP contribution in [-0.2, 0) is 9.53 Å². The molecule has 0 rings (SSSR count). The van der Waals surface area contributed by atoms with Gasteiger partial charge < -0.3 is 20.1 Å². The van der Waals surface area contributed by atoms with Crippen LogP contribution in [0.3, 0.4) is 0 Å². The van der Waals surface area contributed by atoms with Crippen LogP contribution in [0.15, 0.2) is 0 Å². The van der Waals surface area contributed by atoms with Crippen molar-refractivity contribution in [3.05, 3.63) is 0 Å². The first-order chi connectivity index (χ1) is 10.9. The highest BCUT2D eigenvalue weighted by Crippen LogP contribution is 2.14. The molecule has 0 aliphatic carbocycles. The van der Waals surface area contributed by atoms with Crippen LogP contribution in [-0.4, -0.2) is 33.4 Å². The summed E-state index contributed by atoms with van der Waals surface area (Å²) in [5.74, 6) is -3.45. The molecule has 5 nitrogen and oxygen atoms in total. The molecule has 3 N–H and O–H groups in total. The topological polar surface area (TPSA) is 87.0 Å². The molecule has 0 aromatic rings. The summed E-state index contributed by atoms with van der Waals surface area (Å²) in [4.78, 5) is 11.6. The number of carbonyl (C=O) groups excluding carboxylic acids is 1. The summed E-state index contributed by atoms with van der Waals surface area (Å²) in [5.41, 5.74) is 0. The third-order valence-corrected chi connectivity index (χ3v) is 4.06. The van der Waals surface area contributed by atoms with E-state index in [0.717, 1.165) is 19.3 Å². The average molecular weight is 332 g/mol. The summed E-state index contributed by atoms with van der Waals surface area (Å²) in [6.07, 6.45) is 12.4. The normalized spacial score (nSPS) is 13.1. The largest absolute Gasteiger partial charge is 0.454 e. The zero-order valence-corrected chi connectivity index (χ0v) is 14.9. The summed E-state index contributed by atoms with van der Waals surface area (Å²) < 4.78 is 4.87. The second-order valence-electron chi connectivity index (χ2n) is 6.36. The van der Waals surface area contributed by atoms with Crippen LogP contribution in [0.4, 0.5) is 0 Å². The van der Waals surface area contributed by atoms with E-state index in [0.29, 0.717) is 0 Å². The number of esters is 1. The molecule has 0 spiro atoms. The number of carbonyl (C=O) groups is 1.